The van der Waals surface area contributed by atoms with Gasteiger partial charge < -0.3 is 20.1 Å². The highest BCUT2D eigenvalue weighted by Crippen LogP contribution is 2.10. The van der Waals surface area contributed by atoms with Crippen molar-refractivity contribution in [2.45, 2.75) is 18.9 Å². The second-order valence-electron chi connectivity index (χ2n) is 4.10. The predicted octanol–water partition coefficient (Wildman–Crippen LogP) is 0.625. The van der Waals surface area contributed by atoms with E-state index in [1.165, 1.54) is 0 Å². The predicted molar refractivity (Wildman–Crippen MR) is 70.0 cm³/mol. The van der Waals surface area contributed by atoms with E-state index in [0.717, 1.165) is 12.2 Å². The molecule has 0 radical (unpaired) electrons. The number of aliphatic carboxylic acids is 1. The summed E-state index contributed by atoms with van der Waals surface area (Å²) in [5.74, 6) is 0.0905. The molecule has 1 aliphatic rings. The first-order valence-corrected chi connectivity index (χ1v) is 7.37. The Hall–Kier alpha value is -0.950. The Morgan fingerprint density at radius 2 is 2.33 bits per heavy atom. The van der Waals surface area contributed by atoms with E-state index in [0.29, 0.717) is 26.3 Å². The third-order valence-electron chi connectivity index (χ3n) is 2.70. The van der Waals surface area contributed by atoms with Crippen LogP contribution in [0.15, 0.2) is 0 Å². The number of carbonyl (C=O) groups is 2. The van der Waals surface area contributed by atoms with Crippen LogP contribution >= 0.6 is 11.8 Å². The quantitative estimate of drug-likeness (QED) is 0.695. The summed E-state index contributed by atoms with van der Waals surface area (Å²) >= 11 is 1.74. The average molecular weight is 276 g/mol. The van der Waals surface area contributed by atoms with E-state index in [4.69, 9.17) is 9.84 Å². The molecule has 1 aliphatic heterocycles. The normalized spacial score (nSPS) is 19.6. The van der Waals surface area contributed by atoms with Gasteiger partial charge in [-0.15, -0.1) is 0 Å². The van der Waals surface area contributed by atoms with Gasteiger partial charge >= 0.3 is 12.0 Å². The zero-order valence-electron chi connectivity index (χ0n) is 10.6. The number of carboxylic acid groups (broad SMARTS) is 1. The molecule has 2 amide bonds. The van der Waals surface area contributed by atoms with Gasteiger partial charge in [0.25, 0.3) is 0 Å². The van der Waals surface area contributed by atoms with Crippen molar-refractivity contribution in [2.24, 2.45) is 0 Å². The average Bonchev–Trinajstić information content (AvgIpc) is 2.34. The van der Waals surface area contributed by atoms with Gasteiger partial charge in [-0.1, -0.05) is 0 Å². The second kappa shape index (κ2) is 8.20. The molecule has 1 rings (SSSR count). The maximum Gasteiger partial charge on any atom is 0.317 e. The van der Waals surface area contributed by atoms with E-state index in [1.807, 2.05) is 6.26 Å². The Bertz CT molecular complexity index is 288. The monoisotopic (exact) mass is 276 g/mol. The first-order valence-electron chi connectivity index (χ1n) is 5.98. The fourth-order valence-corrected chi connectivity index (χ4v) is 2.24. The number of nitrogens with one attached hydrogen (secondary N) is 1. The SMILES string of the molecule is CSCCCNC(=O)N1CCOCC1CC(=O)O. The van der Waals surface area contributed by atoms with E-state index in [9.17, 15) is 9.59 Å². The lowest BCUT2D eigenvalue weighted by molar-refractivity contribution is -0.139. The van der Waals surface area contributed by atoms with Crippen LogP contribution in [0.4, 0.5) is 4.79 Å². The molecule has 0 bridgehead atoms. The smallest absolute Gasteiger partial charge is 0.317 e. The van der Waals surface area contributed by atoms with Crippen LogP contribution in [0.25, 0.3) is 0 Å². The topological polar surface area (TPSA) is 78.9 Å². The van der Waals surface area contributed by atoms with E-state index in [-0.39, 0.29) is 18.5 Å². The minimum Gasteiger partial charge on any atom is -0.481 e. The largest absolute Gasteiger partial charge is 0.481 e. The maximum atomic E-state index is 11.9. The number of urea groups is 1. The number of nitrogens with zero attached hydrogens (tertiary/aromatic N) is 1. The van der Waals surface area contributed by atoms with Crippen molar-refractivity contribution in [1.29, 1.82) is 0 Å². The zero-order chi connectivity index (χ0) is 13.4. The number of hydrogen-bond donors (Lipinski definition) is 2. The van der Waals surface area contributed by atoms with Crippen molar-refractivity contribution in [3.63, 3.8) is 0 Å². The third-order valence-corrected chi connectivity index (χ3v) is 3.40. The molecule has 1 atom stereocenters. The molecule has 1 heterocycles. The summed E-state index contributed by atoms with van der Waals surface area (Å²) in [6.07, 6.45) is 2.87. The number of carboxylic acids is 1. The number of ether oxygens (including phenoxy) is 1. The van der Waals surface area contributed by atoms with Gasteiger partial charge in [0.05, 0.1) is 25.7 Å². The first-order chi connectivity index (χ1) is 8.65. The lowest BCUT2D eigenvalue weighted by Gasteiger charge is -2.34. The molecule has 6 nitrogen and oxygen atoms in total. The van der Waals surface area contributed by atoms with Crippen LogP contribution in [0.1, 0.15) is 12.8 Å². The van der Waals surface area contributed by atoms with Gasteiger partial charge in [0.2, 0.25) is 0 Å². The number of hydrogen-bond acceptors (Lipinski definition) is 4. The van der Waals surface area contributed by atoms with Crippen molar-refractivity contribution in [1.82, 2.24) is 10.2 Å². The molecule has 0 aromatic rings. The summed E-state index contributed by atoms with van der Waals surface area (Å²) in [7, 11) is 0. The highest BCUT2D eigenvalue weighted by atomic mass is 32.2. The Morgan fingerprint density at radius 3 is 3.00 bits per heavy atom. The molecular weight excluding hydrogens is 256 g/mol. The minimum absolute atomic E-state index is 0.0712. The number of carbonyl (C=O) groups excluding carboxylic acids is 1. The molecule has 18 heavy (non-hydrogen) atoms. The van der Waals surface area contributed by atoms with Gasteiger partial charge in [-0.05, 0) is 18.4 Å². The van der Waals surface area contributed by atoms with Crippen molar-refractivity contribution in [2.75, 3.05) is 38.3 Å². The van der Waals surface area contributed by atoms with Crippen LogP contribution in [0.5, 0.6) is 0 Å². The van der Waals surface area contributed by atoms with Gasteiger partial charge in [0, 0.05) is 13.1 Å². The number of amides is 2. The summed E-state index contributed by atoms with van der Waals surface area (Å²) < 4.78 is 5.22. The molecule has 0 aliphatic carbocycles. The Labute approximate surface area is 111 Å². The van der Waals surface area contributed by atoms with Crippen LogP contribution < -0.4 is 5.32 Å². The van der Waals surface area contributed by atoms with Crippen LogP contribution in [0.3, 0.4) is 0 Å². The molecule has 1 fully saturated rings. The number of thioether (sulfide) groups is 1. The molecule has 0 aromatic carbocycles. The fraction of sp³-hybridized carbons (Fsp3) is 0.818. The van der Waals surface area contributed by atoms with E-state index < -0.39 is 5.97 Å². The summed E-state index contributed by atoms with van der Waals surface area (Å²) in [6, 6.07) is -0.553. The lowest BCUT2D eigenvalue weighted by atomic mass is 10.1. The van der Waals surface area contributed by atoms with Gasteiger partial charge in [0.1, 0.15) is 0 Å². The van der Waals surface area contributed by atoms with E-state index >= 15 is 0 Å². The minimum atomic E-state index is -0.911. The molecule has 0 aromatic heterocycles. The molecule has 1 saturated heterocycles. The molecule has 7 heteroatoms. The van der Waals surface area contributed by atoms with Gasteiger partial charge in [-0.3, -0.25) is 4.79 Å². The van der Waals surface area contributed by atoms with Crippen LogP contribution in [0.2, 0.25) is 0 Å². The summed E-state index contributed by atoms with van der Waals surface area (Å²) in [5.41, 5.74) is 0. The molecule has 1 unspecified atom stereocenters. The Kier molecular flexibility index (Phi) is 6.89. The highest BCUT2D eigenvalue weighted by molar-refractivity contribution is 7.98. The molecule has 104 valence electrons. The van der Waals surface area contributed by atoms with Crippen molar-refractivity contribution >= 4 is 23.8 Å². The highest BCUT2D eigenvalue weighted by Gasteiger charge is 2.28. The summed E-state index contributed by atoms with van der Waals surface area (Å²) in [6.45, 7) is 1.84. The molecule has 2 N–H and O–H groups in total. The van der Waals surface area contributed by atoms with Crippen molar-refractivity contribution < 1.29 is 19.4 Å². The van der Waals surface area contributed by atoms with E-state index in [2.05, 4.69) is 5.32 Å². The second-order valence-corrected chi connectivity index (χ2v) is 5.08. The number of rotatable bonds is 6. The van der Waals surface area contributed by atoms with Gasteiger partial charge in [-0.25, -0.2) is 4.79 Å². The lowest BCUT2D eigenvalue weighted by Crippen LogP contribution is -2.53. The standard InChI is InChI=1S/C11H20N2O4S/c1-18-6-2-3-12-11(16)13-4-5-17-8-9(13)7-10(14)15/h9H,2-8H2,1H3,(H,12,16)(H,14,15). The number of morpholine rings is 1. The molecule has 0 spiro atoms. The third kappa shape index (κ3) is 5.14. The molecular formula is C11H20N2O4S. The Balaban J connectivity index is 2.39. The van der Waals surface area contributed by atoms with Gasteiger partial charge in [-0.2, -0.15) is 11.8 Å². The Morgan fingerprint density at radius 1 is 1.56 bits per heavy atom. The molecule has 0 saturated carbocycles. The fourth-order valence-electron chi connectivity index (χ4n) is 1.81. The van der Waals surface area contributed by atoms with Crippen LogP contribution in [-0.2, 0) is 9.53 Å². The van der Waals surface area contributed by atoms with Crippen LogP contribution in [-0.4, -0.2) is 66.4 Å². The zero-order valence-corrected chi connectivity index (χ0v) is 11.4. The van der Waals surface area contributed by atoms with Crippen molar-refractivity contribution in [3.05, 3.63) is 0 Å². The summed E-state index contributed by atoms with van der Waals surface area (Å²) in [5, 5.41) is 11.6. The van der Waals surface area contributed by atoms with Crippen molar-refractivity contribution in [3.8, 4) is 0 Å². The first kappa shape index (κ1) is 15.1. The van der Waals surface area contributed by atoms with Crippen LogP contribution in [0, 0.1) is 0 Å². The summed E-state index contributed by atoms with van der Waals surface area (Å²) in [4.78, 5) is 24.2. The maximum absolute atomic E-state index is 11.9. The van der Waals surface area contributed by atoms with Gasteiger partial charge in [0.15, 0.2) is 0 Å². The van der Waals surface area contributed by atoms with E-state index in [1.54, 1.807) is 16.7 Å².